The Morgan fingerprint density at radius 2 is 0.982 bits per heavy atom. The summed E-state index contributed by atoms with van der Waals surface area (Å²) >= 11 is 0. The number of aromatic nitrogens is 4. The van der Waals surface area contributed by atoms with Crippen LogP contribution in [-0.2, 0) is 13.2 Å². The van der Waals surface area contributed by atoms with Crippen LogP contribution in [0, 0.1) is 5.82 Å². The third-order valence-corrected chi connectivity index (χ3v) is 8.55. The van der Waals surface area contributed by atoms with Crippen LogP contribution in [0.5, 0.6) is 11.5 Å². The fraction of sp³-hybridized carbons (Fsp3) is 0.190. The second-order valence-corrected chi connectivity index (χ2v) is 13.4. The molecular formula is C42H45Cl4FN8O2. The van der Waals surface area contributed by atoms with Crippen molar-refractivity contribution in [2.24, 2.45) is 21.5 Å². The number of halogens is 5. The molecule has 0 aliphatic rings. The highest BCUT2D eigenvalue weighted by atomic mass is 35.5. The molecule has 0 aliphatic heterocycles. The van der Waals surface area contributed by atoms with Crippen molar-refractivity contribution in [3.05, 3.63) is 131 Å². The summed E-state index contributed by atoms with van der Waals surface area (Å²) in [5.74, 6) is 3.30. The number of fused-ring (bicyclic) bond motifs is 2. The Bertz CT molecular complexity index is 2300. The number of H-pyrrole nitrogens is 2. The zero-order chi connectivity index (χ0) is 37.1. The molecule has 0 saturated heterocycles. The van der Waals surface area contributed by atoms with Gasteiger partial charge >= 0.3 is 0 Å². The Labute approximate surface area is 355 Å². The molecule has 0 bridgehead atoms. The zero-order valence-corrected chi connectivity index (χ0v) is 34.9. The number of aliphatic imine (C=N–C) groups is 2. The number of rotatable bonds is 12. The topological polar surface area (TPSA) is 153 Å². The van der Waals surface area contributed by atoms with Gasteiger partial charge in [-0.1, -0.05) is 18.2 Å². The molecule has 2 heterocycles. The van der Waals surface area contributed by atoms with E-state index in [9.17, 15) is 0 Å². The third kappa shape index (κ3) is 11.0. The summed E-state index contributed by atoms with van der Waals surface area (Å²) in [7, 11) is 0. The average molecular weight is 855 g/mol. The minimum Gasteiger partial charge on any atom is -0.489 e. The number of hydrogen-bond acceptors (Lipinski definition) is 6. The molecule has 5 aromatic carbocycles. The van der Waals surface area contributed by atoms with Gasteiger partial charge in [-0.15, -0.1) is 49.6 Å². The van der Waals surface area contributed by atoms with Crippen LogP contribution < -0.4 is 20.9 Å². The number of ether oxygens (including phenoxy) is 2. The summed E-state index contributed by atoms with van der Waals surface area (Å²) in [5.41, 5.74) is 20.1. The van der Waals surface area contributed by atoms with Crippen LogP contribution in [0.4, 0.5) is 4.39 Å². The maximum atomic E-state index is 15.5. The van der Waals surface area contributed by atoms with E-state index in [0.29, 0.717) is 34.3 Å². The minimum absolute atomic E-state index is 0. The van der Waals surface area contributed by atoms with Crippen LogP contribution in [0.3, 0.4) is 0 Å². The monoisotopic (exact) mass is 852 g/mol. The van der Waals surface area contributed by atoms with Crippen molar-refractivity contribution in [1.82, 2.24) is 19.9 Å². The average Bonchev–Trinajstić information content (AvgIpc) is 3.78. The quantitative estimate of drug-likeness (QED) is 0.0709. The van der Waals surface area contributed by atoms with E-state index in [1.165, 1.54) is 0 Å². The maximum absolute atomic E-state index is 15.5. The molecule has 0 atom stereocenters. The van der Waals surface area contributed by atoms with Gasteiger partial charge in [-0.25, -0.2) is 14.4 Å². The molecule has 0 amide bonds. The zero-order valence-electron chi connectivity index (χ0n) is 31.7. The van der Waals surface area contributed by atoms with Gasteiger partial charge in [0.25, 0.3) is 0 Å². The number of amidine groups is 2. The maximum Gasteiger partial charge on any atom is 0.138 e. The lowest BCUT2D eigenvalue weighted by Gasteiger charge is -2.12. The fourth-order valence-corrected chi connectivity index (χ4v) is 5.91. The van der Waals surface area contributed by atoms with Crippen LogP contribution >= 0.6 is 49.6 Å². The van der Waals surface area contributed by atoms with Gasteiger partial charge in [0.05, 0.1) is 22.1 Å². The van der Waals surface area contributed by atoms with E-state index >= 15 is 4.39 Å². The van der Waals surface area contributed by atoms with E-state index in [1.54, 1.807) is 18.2 Å². The number of nitrogens with one attached hydrogen (secondary N) is 2. The number of imidazole rings is 2. The van der Waals surface area contributed by atoms with Crippen molar-refractivity contribution >= 4 is 83.4 Å². The molecule has 7 rings (SSSR count). The largest absolute Gasteiger partial charge is 0.489 e. The van der Waals surface area contributed by atoms with E-state index < -0.39 is 0 Å². The number of hydrogen-bond donors (Lipinski definition) is 4. The van der Waals surface area contributed by atoms with Crippen molar-refractivity contribution in [1.29, 1.82) is 0 Å². The highest BCUT2D eigenvalue weighted by molar-refractivity contribution is 6.01. The lowest BCUT2D eigenvalue weighted by Crippen LogP contribution is -2.15. The molecule has 0 saturated carbocycles. The smallest absolute Gasteiger partial charge is 0.138 e. The first-order chi connectivity index (χ1) is 25.6. The highest BCUT2D eigenvalue weighted by Crippen LogP contribution is 2.27. The van der Waals surface area contributed by atoms with Crippen LogP contribution in [0.1, 0.15) is 49.9 Å². The predicted octanol–water partition coefficient (Wildman–Crippen LogP) is 9.98. The van der Waals surface area contributed by atoms with Crippen LogP contribution in [0.2, 0.25) is 0 Å². The Hall–Kier alpha value is -5.33. The van der Waals surface area contributed by atoms with Gasteiger partial charge in [0.1, 0.15) is 53.9 Å². The minimum atomic E-state index is -0.359. The van der Waals surface area contributed by atoms with Gasteiger partial charge < -0.3 is 30.9 Å². The first-order valence-corrected chi connectivity index (χ1v) is 17.5. The van der Waals surface area contributed by atoms with E-state index in [-0.39, 0.29) is 80.7 Å². The Morgan fingerprint density at radius 1 is 0.596 bits per heavy atom. The van der Waals surface area contributed by atoms with Crippen molar-refractivity contribution < 1.29 is 13.9 Å². The first kappa shape index (κ1) is 46.1. The van der Waals surface area contributed by atoms with E-state index in [0.717, 1.165) is 56.0 Å². The molecule has 300 valence electrons. The Morgan fingerprint density at radius 3 is 1.35 bits per heavy atom. The van der Waals surface area contributed by atoms with Gasteiger partial charge in [0, 0.05) is 45.5 Å². The predicted molar refractivity (Wildman–Crippen MR) is 239 cm³/mol. The number of aromatic amines is 2. The molecule has 0 spiro atoms. The number of benzene rings is 5. The highest BCUT2D eigenvalue weighted by Gasteiger charge is 2.13. The van der Waals surface area contributed by atoms with Crippen molar-refractivity contribution in [2.45, 2.75) is 53.0 Å². The Balaban J connectivity index is 0.00000218. The molecule has 6 N–H and O–H groups in total. The molecule has 0 radical (unpaired) electrons. The van der Waals surface area contributed by atoms with E-state index in [4.69, 9.17) is 30.9 Å². The summed E-state index contributed by atoms with van der Waals surface area (Å²) in [6, 6.07) is 32.1. The molecule has 0 aliphatic carbocycles. The lowest BCUT2D eigenvalue weighted by atomic mass is 10.1. The van der Waals surface area contributed by atoms with Crippen molar-refractivity contribution in [2.75, 3.05) is 0 Å². The molecule has 57 heavy (non-hydrogen) atoms. The standard InChI is InChI=1S/C42H41FN8O2.4ClH/c1-24(2)46-39(44)28-12-18-34-36(20-28)50-41(48-34)26-8-14-32(15-9-26)52-22-30-6-5-7-31(38(30)43)23-53-33-16-10-27(11-17-33)42-49-35-19-13-29(21-37(35)51-42)40(45)47-25(3)4;;;;/h5-21,24-25H,22-23H2,1-4H3,(H2,44,46)(H2,45,47)(H,48,50)(H,49,51);4*1H. The normalized spacial score (nSPS) is 11.5. The van der Waals surface area contributed by atoms with Gasteiger partial charge in [0.15, 0.2) is 0 Å². The van der Waals surface area contributed by atoms with Crippen molar-refractivity contribution in [3.63, 3.8) is 0 Å². The van der Waals surface area contributed by atoms with E-state index in [2.05, 4.69) is 20.0 Å². The van der Waals surface area contributed by atoms with Crippen LogP contribution in [0.15, 0.2) is 113 Å². The van der Waals surface area contributed by atoms with Crippen molar-refractivity contribution in [3.8, 4) is 34.3 Å². The summed E-state index contributed by atoms with van der Waals surface area (Å²) in [5, 5.41) is 0. The van der Waals surface area contributed by atoms with Gasteiger partial charge in [-0.3, -0.25) is 9.98 Å². The first-order valence-electron chi connectivity index (χ1n) is 17.5. The fourth-order valence-electron chi connectivity index (χ4n) is 5.91. The summed E-state index contributed by atoms with van der Waals surface area (Å²) in [6.07, 6.45) is 0. The molecule has 2 aromatic heterocycles. The van der Waals surface area contributed by atoms with Gasteiger partial charge in [-0.2, -0.15) is 0 Å². The molecule has 7 aromatic rings. The molecule has 15 heteroatoms. The summed E-state index contributed by atoms with van der Waals surface area (Å²) in [4.78, 5) is 25.0. The lowest BCUT2D eigenvalue weighted by molar-refractivity contribution is 0.287. The number of nitrogens with two attached hydrogens (primary N) is 2. The van der Waals surface area contributed by atoms with Crippen LogP contribution in [0.25, 0.3) is 44.8 Å². The molecule has 0 unspecified atom stereocenters. The second kappa shape index (κ2) is 20.2. The summed E-state index contributed by atoms with van der Waals surface area (Å²) in [6.45, 7) is 8.08. The van der Waals surface area contributed by atoms with Gasteiger partial charge in [0.2, 0.25) is 0 Å². The Kier molecular flexibility index (Phi) is 16.3. The molecule has 10 nitrogen and oxygen atoms in total. The number of nitrogens with zero attached hydrogens (tertiary/aromatic N) is 4. The molecule has 0 fully saturated rings. The third-order valence-electron chi connectivity index (χ3n) is 8.55. The summed E-state index contributed by atoms with van der Waals surface area (Å²) < 4.78 is 27.4. The van der Waals surface area contributed by atoms with E-state index in [1.807, 2.05) is 113 Å². The van der Waals surface area contributed by atoms with Gasteiger partial charge in [-0.05, 0) is 113 Å². The molecular weight excluding hydrogens is 809 g/mol. The SMILES string of the molecule is CC(C)N=C(N)c1ccc2nc(-c3ccc(OCc4cccc(COc5ccc(-c6nc7ccc(C(N)=NC(C)C)cc7[nH]6)cc5)c4F)cc3)[nH]c2c1.Cl.Cl.Cl.Cl. The van der Waals surface area contributed by atoms with Crippen LogP contribution in [-0.4, -0.2) is 43.7 Å². The second-order valence-electron chi connectivity index (χ2n) is 13.4.